The molecule has 2 aromatic rings. The summed E-state index contributed by atoms with van der Waals surface area (Å²) in [6.45, 7) is 2.70. The lowest BCUT2D eigenvalue weighted by Crippen LogP contribution is -2.34. The highest BCUT2D eigenvalue weighted by molar-refractivity contribution is 6.31. The number of amides is 2. The van der Waals surface area contributed by atoms with Crippen molar-refractivity contribution in [2.45, 2.75) is 19.8 Å². The van der Waals surface area contributed by atoms with Crippen LogP contribution in [0.3, 0.4) is 0 Å². The van der Waals surface area contributed by atoms with Gasteiger partial charge in [-0.15, -0.1) is 0 Å². The Kier molecular flexibility index (Phi) is 5.57. The Hall–Kier alpha value is -2.40. The molecule has 6 heteroatoms. The van der Waals surface area contributed by atoms with Gasteiger partial charge in [0.2, 0.25) is 11.8 Å². The van der Waals surface area contributed by atoms with Gasteiger partial charge in [-0.25, -0.2) is 4.39 Å². The van der Waals surface area contributed by atoms with E-state index in [1.54, 1.807) is 23.1 Å². The molecule has 1 N–H and O–H groups in total. The van der Waals surface area contributed by atoms with Gasteiger partial charge < -0.3 is 10.2 Å². The summed E-state index contributed by atoms with van der Waals surface area (Å²) in [6.07, 6.45) is 0.803. The van der Waals surface area contributed by atoms with E-state index in [0.717, 1.165) is 11.1 Å². The van der Waals surface area contributed by atoms with Gasteiger partial charge in [-0.1, -0.05) is 29.8 Å². The highest BCUT2D eigenvalue weighted by atomic mass is 35.5. The zero-order valence-electron chi connectivity index (χ0n) is 14.5. The number of halogens is 2. The van der Waals surface area contributed by atoms with Crippen molar-refractivity contribution in [1.29, 1.82) is 0 Å². The van der Waals surface area contributed by atoms with E-state index in [9.17, 15) is 14.0 Å². The van der Waals surface area contributed by atoms with Crippen LogP contribution in [0.15, 0.2) is 42.5 Å². The van der Waals surface area contributed by atoms with Crippen molar-refractivity contribution in [3.8, 4) is 0 Å². The number of aryl methyl sites for hydroxylation is 1. The van der Waals surface area contributed by atoms with Crippen LogP contribution in [-0.2, 0) is 16.0 Å². The third kappa shape index (κ3) is 4.22. The fraction of sp³-hybridized carbons (Fsp3) is 0.300. The van der Waals surface area contributed by atoms with Crippen LogP contribution in [0.25, 0.3) is 0 Å². The van der Waals surface area contributed by atoms with E-state index in [1.807, 2.05) is 19.1 Å². The van der Waals surface area contributed by atoms with Crippen LogP contribution >= 0.6 is 11.6 Å². The predicted molar refractivity (Wildman–Crippen MR) is 99.8 cm³/mol. The molecule has 26 heavy (non-hydrogen) atoms. The van der Waals surface area contributed by atoms with Crippen molar-refractivity contribution in [3.05, 3.63) is 64.4 Å². The lowest BCUT2D eigenvalue weighted by atomic mass is 10.1. The minimum atomic E-state index is -0.379. The van der Waals surface area contributed by atoms with Crippen molar-refractivity contribution in [2.75, 3.05) is 18.0 Å². The van der Waals surface area contributed by atoms with E-state index < -0.39 is 0 Å². The van der Waals surface area contributed by atoms with Gasteiger partial charge >= 0.3 is 0 Å². The summed E-state index contributed by atoms with van der Waals surface area (Å²) < 4.78 is 12.9. The third-order valence-electron chi connectivity index (χ3n) is 4.59. The van der Waals surface area contributed by atoms with Gasteiger partial charge in [0.05, 0.1) is 5.92 Å². The number of hydrogen-bond donors (Lipinski definition) is 1. The Labute approximate surface area is 157 Å². The average Bonchev–Trinajstić information content (AvgIpc) is 3.01. The normalized spacial score (nSPS) is 16.8. The van der Waals surface area contributed by atoms with E-state index in [-0.39, 0.29) is 30.0 Å². The maximum absolute atomic E-state index is 12.9. The molecule has 0 saturated carbocycles. The molecule has 2 aromatic carbocycles. The number of nitrogens with one attached hydrogen (secondary N) is 1. The third-order valence-corrected chi connectivity index (χ3v) is 5.00. The molecule has 4 nitrogen and oxygen atoms in total. The molecule has 136 valence electrons. The summed E-state index contributed by atoms with van der Waals surface area (Å²) in [4.78, 5) is 26.2. The van der Waals surface area contributed by atoms with Gasteiger partial charge in [-0.2, -0.15) is 0 Å². The van der Waals surface area contributed by atoms with Crippen LogP contribution < -0.4 is 10.2 Å². The van der Waals surface area contributed by atoms with Crippen molar-refractivity contribution >= 4 is 29.1 Å². The van der Waals surface area contributed by atoms with Crippen LogP contribution in [-0.4, -0.2) is 24.9 Å². The highest BCUT2D eigenvalue weighted by Gasteiger charge is 2.35. The van der Waals surface area contributed by atoms with Gasteiger partial charge in [0.1, 0.15) is 5.82 Å². The number of carbonyl (C=O) groups is 2. The van der Waals surface area contributed by atoms with Gasteiger partial charge in [-0.05, 0) is 48.7 Å². The van der Waals surface area contributed by atoms with Gasteiger partial charge in [0.15, 0.2) is 0 Å². The van der Waals surface area contributed by atoms with Crippen LogP contribution in [0.1, 0.15) is 17.5 Å². The number of benzene rings is 2. The zero-order valence-corrected chi connectivity index (χ0v) is 15.2. The first kappa shape index (κ1) is 18.4. The molecule has 1 fully saturated rings. The molecule has 1 aliphatic rings. The van der Waals surface area contributed by atoms with E-state index in [4.69, 9.17) is 11.6 Å². The summed E-state index contributed by atoms with van der Waals surface area (Å²) >= 11 is 6.13. The fourth-order valence-electron chi connectivity index (χ4n) is 3.01. The van der Waals surface area contributed by atoms with Crippen molar-refractivity contribution in [1.82, 2.24) is 5.32 Å². The maximum atomic E-state index is 12.9. The molecule has 0 bridgehead atoms. The topological polar surface area (TPSA) is 49.4 Å². The van der Waals surface area contributed by atoms with Crippen molar-refractivity contribution < 1.29 is 14.0 Å². The minimum absolute atomic E-state index is 0.0800. The molecule has 1 unspecified atom stereocenters. The monoisotopic (exact) mass is 374 g/mol. The number of carbonyl (C=O) groups excluding carboxylic acids is 2. The largest absolute Gasteiger partial charge is 0.355 e. The summed E-state index contributed by atoms with van der Waals surface area (Å²) in [5, 5.41) is 3.46. The van der Waals surface area contributed by atoms with Crippen LogP contribution in [0.4, 0.5) is 10.1 Å². The predicted octanol–water partition coefficient (Wildman–Crippen LogP) is 3.50. The van der Waals surface area contributed by atoms with Crippen LogP contribution in [0.2, 0.25) is 5.02 Å². The summed E-state index contributed by atoms with van der Waals surface area (Å²) in [7, 11) is 0. The number of anilines is 1. The summed E-state index contributed by atoms with van der Waals surface area (Å²) in [5.41, 5.74) is 2.61. The Bertz CT molecular complexity index is 823. The zero-order chi connectivity index (χ0) is 18.7. The number of nitrogens with zero attached hydrogens (tertiary/aromatic N) is 1. The van der Waals surface area contributed by atoms with Crippen LogP contribution in [0, 0.1) is 18.7 Å². The van der Waals surface area contributed by atoms with E-state index in [1.165, 1.54) is 12.1 Å². The lowest BCUT2D eigenvalue weighted by molar-refractivity contribution is -0.126. The molecule has 1 atom stereocenters. The molecule has 0 radical (unpaired) electrons. The molecular weight excluding hydrogens is 355 g/mol. The maximum Gasteiger partial charge on any atom is 0.227 e. The summed E-state index contributed by atoms with van der Waals surface area (Å²) in [6, 6.07) is 11.7. The second-order valence-electron chi connectivity index (χ2n) is 6.51. The van der Waals surface area contributed by atoms with Gasteiger partial charge in [0, 0.05) is 30.2 Å². The number of hydrogen-bond acceptors (Lipinski definition) is 2. The molecule has 1 aliphatic heterocycles. The Balaban J connectivity index is 1.54. The first-order chi connectivity index (χ1) is 12.4. The molecule has 2 amide bonds. The minimum Gasteiger partial charge on any atom is -0.355 e. The first-order valence-electron chi connectivity index (χ1n) is 8.52. The van der Waals surface area contributed by atoms with Crippen molar-refractivity contribution in [3.63, 3.8) is 0 Å². The van der Waals surface area contributed by atoms with E-state index in [2.05, 4.69) is 5.32 Å². The first-order valence-corrected chi connectivity index (χ1v) is 8.90. The second-order valence-corrected chi connectivity index (χ2v) is 6.91. The van der Waals surface area contributed by atoms with Crippen molar-refractivity contribution in [2.24, 2.45) is 5.92 Å². The molecule has 1 saturated heterocycles. The SMILES string of the molecule is Cc1ccc(N2CC(C(=O)NCCc3ccc(F)cc3)CC2=O)cc1Cl. The molecule has 1 heterocycles. The molecule has 3 rings (SSSR count). The lowest BCUT2D eigenvalue weighted by Gasteiger charge is -2.17. The van der Waals surface area contributed by atoms with Crippen LogP contribution in [0.5, 0.6) is 0 Å². The quantitative estimate of drug-likeness (QED) is 0.870. The van der Waals surface area contributed by atoms with E-state index >= 15 is 0 Å². The molecule has 0 spiro atoms. The summed E-state index contributed by atoms with van der Waals surface area (Å²) in [5.74, 6) is -0.876. The number of rotatable bonds is 5. The Morgan fingerprint density at radius 3 is 2.69 bits per heavy atom. The highest BCUT2D eigenvalue weighted by Crippen LogP contribution is 2.28. The van der Waals surface area contributed by atoms with E-state index in [0.29, 0.717) is 30.2 Å². The second kappa shape index (κ2) is 7.87. The molecule has 0 aliphatic carbocycles. The fourth-order valence-corrected chi connectivity index (χ4v) is 3.18. The average molecular weight is 375 g/mol. The van der Waals surface area contributed by atoms with Gasteiger partial charge in [-0.3, -0.25) is 9.59 Å². The molecule has 0 aromatic heterocycles. The smallest absolute Gasteiger partial charge is 0.227 e. The van der Waals surface area contributed by atoms with Gasteiger partial charge in [0.25, 0.3) is 0 Å². The Morgan fingerprint density at radius 1 is 1.27 bits per heavy atom. The molecular formula is C20H20ClFN2O2. The Morgan fingerprint density at radius 2 is 2.00 bits per heavy atom. The standard InChI is InChI=1S/C20H20ClFN2O2/c1-13-2-7-17(11-18(13)21)24-12-15(10-19(24)25)20(26)23-9-8-14-3-5-16(22)6-4-14/h2-7,11,15H,8-10,12H2,1H3,(H,23,26).